The molecule has 0 aromatic rings. The van der Waals surface area contributed by atoms with Gasteiger partial charge in [0.25, 0.3) is 0 Å². The largest absolute Gasteiger partial charge is 0.381 e. The van der Waals surface area contributed by atoms with Crippen molar-refractivity contribution in [3.8, 4) is 0 Å². The molecule has 0 unspecified atom stereocenters. The van der Waals surface area contributed by atoms with E-state index in [4.69, 9.17) is 4.74 Å². The van der Waals surface area contributed by atoms with Crippen LogP contribution in [-0.4, -0.2) is 13.2 Å². The first kappa shape index (κ1) is 12.7. The van der Waals surface area contributed by atoms with Crippen molar-refractivity contribution in [1.29, 1.82) is 0 Å². The summed E-state index contributed by atoms with van der Waals surface area (Å²) >= 11 is 0. The Balaban J connectivity index is 2.87. The standard InChI is InChI=1S/C12H24O/c1-3-5-7-8-10-12-13-11-9-6-4-2/h5,7H,3-4,6,8-12H2,1-2H3. The lowest BCUT2D eigenvalue weighted by molar-refractivity contribution is 0.128. The molecule has 0 fully saturated rings. The Kier molecular flexibility index (Phi) is 11.4. The number of hydrogen-bond acceptors (Lipinski definition) is 1. The molecule has 0 rings (SSSR count). The van der Waals surface area contributed by atoms with Crippen molar-refractivity contribution in [3.63, 3.8) is 0 Å². The van der Waals surface area contributed by atoms with Gasteiger partial charge in [-0.2, -0.15) is 0 Å². The van der Waals surface area contributed by atoms with Crippen LogP contribution < -0.4 is 0 Å². The number of allylic oxidation sites excluding steroid dienone is 2. The van der Waals surface area contributed by atoms with Crippen LogP contribution in [0.3, 0.4) is 0 Å². The molecule has 0 saturated carbocycles. The first-order valence-electron chi connectivity index (χ1n) is 5.64. The Morgan fingerprint density at radius 1 is 0.923 bits per heavy atom. The average molecular weight is 184 g/mol. The van der Waals surface area contributed by atoms with Gasteiger partial charge in [-0.25, -0.2) is 0 Å². The van der Waals surface area contributed by atoms with E-state index >= 15 is 0 Å². The lowest BCUT2D eigenvalue weighted by atomic mass is 10.2. The van der Waals surface area contributed by atoms with Crippen molar-refractivity contribution in [2.45, 2.75) is 52.4 Å². The third-order valence-corrected chi connectivity index (χ3v) is 1.95. The summed E-state index contributed by atoms with van der Waals surface area (Å²) in [5.41, 5.74) is 0. The van der Waals surface area contributed by atoms with Crippen molar-refractivity contribution in [2.75, 3.05) is 13.2 Å². The van der Waals surface area contributed by atoms with Gasteiger partial charge in [0.2, 0.25) is 0 Å². The van der Waals surface area contributed by atoms with E-state index in [2.05, 4.69) is 26.0 Å². The monoisotopic (exact) mass is 184 g/mol. The summed E-state index contributed by atoms with van der Waals surface area (Å²) in [6.07, 6.45) is 11.8. The molecule has 0 bridgehead atoms. The second-order valence-corrected chi connectivity index (χ2v) is 3.34. The van der Waals surface area contributed by atoms with Gasteiger partial charge in [-0.05, 0) is 25.7 Å². The smallest absolute Gasteiger partial charge is 0.0468 e. The predicted molar refractivity (Wildman–Crippen MR) is 59.0 cm³/mol. The molecule has 0 spiro atoms. The molecule has 0 aromatic heterocycles. The zero-order valence-electron chi connectivity index (χ0n) is 9.22. The van der Waals surface area contributed by atoms with Gasteiger partial charge in [0.15, 0.2) is 0 Å². The van der Waals surface area contributed by atoms with E-state index in [0.29, 0.717) is 0 Å². The summed E-state index contributed by atoms with van der Waals surface area (Å²) in [7, 11) is 0. The van der Waals surface area contributed by atoms with E-state index in [0.717, 1.165) is 19.6 Å². The molecule has 0 aromatic carbocycles. The fourth-order valence-corrected chi connectivity index (χ4v) is 1.14. The molecule has 0 aliphatic carbocycles. The normalized spacial score (nSPS) is 11.2. The first-order valence-corrected chi connectivity index (χ1v) is 5.64. The summed E-state index contributed by atoms with van der Waals surface area (Å²) < 4.78 is 5.48. The summed E-state index contributed by atoms with van der Waals surface area (Å²) in [5.74, 6) is 0. The van der Waals surface area contributed by atoms with Crippen LogP contribution in [0.15, 0.2) is 12.2 Å². The fraction of sp³-hybridized carbons (Fsp3) is 0.833. The Hall–Kier alpha value is -0.300. The van der Waals surface area contributed by atoms with E-state index < -0.39 is 0 Å². The third-order valence-electron chi connectivity index (χ3n) is 1.95. The highest BCUT2D eigenvalue weighted by molar-refractivity contribution is 4.79. The van der Waals surface area contributed by atoms with Crippen molar-refractivity contribution in [3.05, 3.63) is 12.2 Å². The van der Waals surface area contributed by atoms with E-state index in [9.17, 15) is 0 Å². The van der Waals surface area contributed by atoms with Crippen molar-refractivity contribution < 1.29 is 4.74 Å². The van der Waals surface area contributed by atoms with Crippen LogP contribution in [-0.2, 0) is 4.74 Å². The maximum atomic E-state index is 5.48. The molecule has 0 aliphatic rings. The molecule has 0 atom stereocenters. The third kappa shape index (κ3) is 11.7. The van der Waals surface area contributed by atoms with Gasteiger partial charge < -0.3 is 4.74 Å². The molecular weight excluding hydrogens is 160 g/mol. The van der Waals surface area contributed by atoms with Gasteiger partial charge in [-0.15, -0.1) is 0 Å². The van der Waals surface area contributed by atoms with Crippen LogP contribution in [0.25, 0.3) is 0 Å². The Labute approximate surface area is 83.2 Å². The molecule has 0 radical (unpaired) electrons. The van der Waals surface area contributed by atoms with Gasteiger partial charge in [0.1, 0.15) is 0 Å². The summed E-state index contributed by atoms with van der Waals surface area (Å²) in [5, 5.41) is 0. The Morgan fingerprint density at radius 3 is 2.38 bits per heavy atom. The van der Waals surface area contributed by atoms with Crippen molar-refractivity contribution in [1.82, 2.24) is 0 Å². The predicted octanol–water partition coefficient (Wildman–Crippen LogP) is 3.94. The first-order chi connectivity index (χ1) is 6.41. The zero-order chi connectivity index (χ0) is 9.78. The summed E-state index contributed by atoms with van der Waals surface area (Å²) in [6.45, 7) is 6.26. The lowest BCUT2D eigenvalue weighted by Crippen LogP contribution is -1.96. The molecule has 0 N–H and O–H groups in total. The van der Waals surface area contributed by atoms with Gasteiger partial charge >= 0.3 is 0 Å². The Morgan fingerprint density at radius 2 is 1.69 bits per heavy atom. The average Bonchev–Trinajstić information content (AvgIpc) is 2.16. The molecule has 1 nitrogen and oxygen atoms in total. The number of rotatable bonds is 9. The minimum absolute atomic E-state index is 0.928. The quantitative estimate of drug-likeness (QED) is 0.389. The summed E-state index contributed by atoms with van der Waals surface area (Å²) in [4.78, 5) is 0. The molecule has 13 heavy (non-hydrogen) atoms. The van der Waals surface area contributed by atoms with Crippen LogP contribution in [0.2, 0.25) is 0 Å². The van der Waals surface area contributed by atoms with Crippen LogP contribution in [0.5, 0.6) is 0 Å². The van der Waals surface area contributed by atoms with Crippen LogP contribution in [0.4, 0.5) is 0 Å². The number of unbranched alkanes of at least 4 members (excludes halogenated alkanes) is 3. The topological polar surface area (TPSA) is 9.23 Å². The number of hydrogen-bond donors (Lipinski definition) is 0. The second kappa shape index (κ2) is 11.7. The van der Waals surface area contributed by atoms with E-state index in [-0.39, 0.29) is 0 Å². The van der Waals surface area contributed by atoms with E-state index in [1.54, 1.807) is 0 Å². The minimum Gasteiger partial charge on any atom is -0.381 e. The van der Waals surface area contributed by atoms with Crippen molar-refractivity contribution in [2.24, 2.45) is 0 Å². The van der Waals surface area contributed by atoms with E-state index in [1.165, 1.54) is 32.1 Å². The lowest BCUT2D eigenvalue weighted by Gasteiger charge is -2.01. The number of ether oxygens (including phenoxy) is 1. The van der Waals surface area contributed by atoms with Gasteiger partial charge in [0, 0.05) is 13.2 Å². The highest BCUT2D eigenvalue weighted by atomic mass is 16.5. The highest BCUT2D eigenvalue weighted by Gasteiger charge is 1.87. The maximum absolute atomic E-state index is 5.48. The molecule has 0 saturated heterocycles. The van der Waals surface area contributed by atoms with Crippen molar-refractivity contribution >= 4 is 0 Å². The molecular formula is C12H24O. The minimum atomic E-state index is 0.928. The molecule has 0 amide bonds. The highest BCUT2D eigenvalue weighted by Crippen LogP contribution is 1.97. The van der Waals surface area contributed by atoms with Crippen LogP contribution in [0.1, 0.15) is 52.4 Å². The van der Waals surface area contributed by atoms with Crippen LogP contribution in [0, 0.1) is 0 Å². The van der Waals surface area contributed by atoms with E-state index in [1.807, 2.05) is 0 Å². The zero-order valence-corrected chi connectivity index (χ0v) is 9.22. The fourth-order valence-electron chi connectivity index (χ4n) is 1.14. The Bertz CT molecular complexity index is 108. The molecule has 0 heterocycles. The van der Waals surface area contributed by atoms with Gasteiger partial charge in [-0.1, -0.05) is 38.8 Å². The molecule has 1 heteroatoms. The summed E-state index contributed by atoms with van der Waals surface area (Å²) in [6, 6.07) is 0. The molecule has 0 aliphatic heterocycles. The molecule has 78 valence electrons. The second-order valence-electron chi connectivity index (χ2n) is 3.34. The SMILES string of the molecule is CCC=CCCCOCCCCC. The maximum Gasteiger partial charge on any atom is 0.0468 e. The van der Waals surface area contributed by atoms with Crippen LogP contribution >= 0.6 is 0 Å². The van der Waals surface area contributed by atoms with Gasteiger partial charge in [-0.3, -0.25) is 0 Å². The van der Waals surface area contributed by atoms with Gasteiger partial charge in [0.05, 0.1) is 0 Å².